The minimum Gasteiger partial charge on any atom is -0.309 e. The molecule has 0 aliphatic heterocycles. The topological polar surface area (TPSA) is 12.0 Å². The minimum absolute atomic E-state index is 0.108. The second-order valence-corrected chi connectivity index (χ2v) is 6.16. The Morgan fingerprint density at radius 2 is 1.95 bits per heavy atom. The SMILES string of the molecule is CCCNC(Cc1ccccc1F)c1ccc(CC)s1. The summed E-state index contributed by atoms with van der Waals surface area (Å²) in [7, 11) is 0. The first-order valence-electron chi connectivity index (χ1n) is 7.30. The highest BCUT2D eigenvalue weighted by molar-refractivity contribution is 7.12. The molecule has 0 saturated heterocycles. The van der Waals surface area contributed by atoms with Crippen LogP contribution in [-0.2, 0) is 12.8 Å². The molecule has 1 heterocycles. The first-order valence-corrected chi connectivity index (χ1v) is 8.11. The van der Waals surface area contributed by atoms with Gasteiger partial charge in [0.05, 0.1) is 0 Å². The van der Waals surface area contributed by atoms with E-state index in [2.05, 4.69) is 31.3 Å². The van der Waals surface area contributed by atoms with Gasteiger partial charge in [-0.1, -0.05) is 32.0 Å². The fraction of sp³-hybridized carbons (Fsp3) is 0.412. The number of thiophene rings is 1. The van der Waals surface area contributed by atoms with Gasteiger partial charge in [0.25, 0.3) is 0 Å². The second-order valence-electron chi connectivity index (χ2n) is 4.96. The summed E-state index contributed by atoms with van der Waals surface area (Å²) in [5.74, 6) is -0.108. The molecular weight excluding hydrogens is 269 g/mol. The molecule has 1 N–H and O–H groups in total. The normalized spacial score (nSPS) is 12.6. The molecular formula is C17H22FNS. The van der Waals surface area contributed by atoms with E-state index in [0.717, 1.165) is 24.9 Å². The lowest BCUT2D eigenvalue weighted by Gasteiger charge is -2.17. The van der Waals surface area contributed by atoms with E-state index >= 15 is 0 Å². The van der Waals surface area contributed by atoms with Gasteiger partial charge < -0.3 is 5.32 Å². The van der Waals surface area contributed by atoms with E-state index in [0.29, 0.717) is 6.42 Å². The first kappa shape index (κ1) is 15.2. The van der Waals surface area contributed by atoms with Gasteiger partial charge >= 0.3 is 0 Å². The Labute approximate surface area is 124 Å². The van der Waals surface area contributed by atoms with Crippen molar-refractivity contribution in [2.24, 2.45) is 0 Å². The van der Waals surface area contributed by atoms with Crippen LogP contribution in [0.5, 0.6) is 0 Å². The molecule has 0 spiro atoms. The third kappa shape index (κ3) is 3.90. The summed E-state index contributed by atoms with van der Waals surface area (Å²) in [6, 6.07) is 11.6. The maximum atomic E-state index is 13.8. The van der Waals surface area contributed by atoms with Crippen LogP contribution in [0.3, 0.4) is 0 Å². The van der Waals surface area contributed by atoms with Crippen molar-refractivity contribution in [1.29, 1.82) is 0 Å². The fourth-order valence-electron chi connectivity index (χ4n) is 2.25. The quantitative estimate of drug-likeness (QED) is 0.777. The Hall–Kier alpha value is -1.19. The summed E-state index contributed by atoms with van der Waals surface area (Å²) in [6.45, 7) is 5.28. The Kier molecular flexibility index (Phi) is 5.74. The number of benzene rings is 1. The lowest BCUT2D eigenvalue weighted by molar-refractivity contribution is 0.519. The molecule has 0 bridgehead atoms. The molecule has 108 valence electrons. The molecule has 0 amide bonds. The number of rotatable bonds is 7. The summed E-state index contributed by atoms with van der Waals surface area (Å²) in [4.78, 5) is 2.69. The van der Waals surface area contributed by atoms with Crippen LogP contribution in [0.2, 0.25) is 0 Å². The number of nitrogens with one attached hydrogen (secondary N) is 1. The Morgan fingerprint density at radius 1 is 1.15 bits per heavy atom. The summed E-state index contributed by atoms with van der Waals surface area (Å²) in [5, 5.41) is 3.54. The summed E-state index contributed by atoms with van der Waals surface area (Å²) in [6.07, 6.45) is 2.85. The summed E-state index contributed by atoms with van der Waals surface area (Å²) >= 11 is 1.83. The molecule has 2 aromatic rings. The van der Waals surface area contributed by atoms with Crippen molar-refractivity contribution in [3.05, 3.63) is 57.5 Å². The first-order chi connectivity index (χ1) is 9.74. The van der Waals surface area contributed by atoms with Crippen molar-refractivity contribution >= 4 is 11.3 Å². The zero-order valence-electron chi connectivity index (χ0n) is 12.2. The third-order valence-electron chi connectivity index (χ3n) is 3.40. The van der Waals surface area contributed by atoms with Gasteiger partial charge in [-0.05, 0) is 49.6 Å². The van der Waals surface area contributed by atoms with E-state index in [-0.39, 0.29) is 11.9 Å². The molecule has 0 aliphatic rings. The summed E-state index contributed by atoms with van der Waals surface area (Å²) in [5.41, 5.74) is 0.785. The van der Waals surface area contributed by atoms with Gasteiger partial charge in [-0.2, -0.15) is 0 Å². The highest BCUT2D eigenvalue weighted by Gasteiger charge is 2.15. The van der Waals surface area contributed by atoms with Gasteiger partial charge in [0.15, 0.2) is 0 Å². The van der Waals surface area contributed by atoms with E-state index in [1.54, 1.807) is 6.07 Å². The molecule has 1 aromatic carbocycles. The number of halogens is 1. The van der Waals surface area contributed by atoms with E-state index in [1.807, 2.05) is 23.5 Å². The maximum absolute atomic E-state index is 13.8. The lowest BCUT2D eigenvalue weighted by Crippen LogP contribution is -2.23. The fourth-order valence-corrected chi connectivity index (χ4v) is 3.28. The van der Waals surface area contributed by atoms with Gasteiger partial charge in [0, 0.05) is 15.8 Å². The Balaban J connectivity index is 2.17. The van der Waals surface area contributed by atoms with Crippen molar-refractivity contribution in [2.75, 3.05) is 6.54 Å². The van der Waals surface area contributed by atoms with Crippen molar-refractivity contribution in [3.63, 3.8) is 0 Å². The van der Waals surface area contributed by atoms with Crippen molar-refractivity contribution in [2.45, 2.75) is 39.2 Å². The van der Waals surface area contributed by atoms with E-state index in [9.17, 15) is 4.39 Å². The predicted molar refractivity (Wildman–Crippen MR) is 84.8 cm³/mol. The molecule has 1 aromatic heterocycles. The monoisotopic (exact) mass is 291 g/mol. The van der Waals surface area contributed by atoms with Gasteiger partial charge in [0.1, 0.15) is 5.82 Å². The molecule has 3 heteroatoms. The summed E-state index contributed by atoms with van der Waals surface area (Å²) < 4.78 is 13.8. The van der Waals surface area contributed by atoms with Gasteiger partial charge in [-0.3, -0.25) is 0 Å². The third-order valence-corrected chi connectivity index (χ3v) is 4.74. The van der Waals surface area contributed by atoms with Crippen LogP contribution in [0, 0.1) is 5.82 Å². The van der Waals surface area contributed by atoms with Crippen LogP contribution in [0.15, 0.2) is 36.4 Å². The van der Waals surface area contributed by atoms with E-state index in [4.69, 9.17) is 0 Å². The van der Waals surface area contributed by atoms with Crippen molar-refractivity contribution < 1.29 is 4.39 Å². The van der Waals surface area contributed by atoms with Crippen LogP contribution in [0.25, 0.3) is 0 Å². The largest absolute Gasteiger partial charge is 0.309 e. The van der Waals surface area contributed by atoms with Crippen LogP contribution in [-0.4, -0.2) is 6.54 Å². The predicted octanol–water partition coefficient (Wildman–Crippen LogP) is 4.73. The van der Waals surface area contributed by atoms with Crippen molar-refractivity contribution in [1.82, 2.24) is 5.32 Å². The highest BCUT2D eigenvalue weighted by Crippen LogP contribution is 2.27. The molecule has 2 rings (SSSR count). The van der Waals surface area contributed by atoms with E-state index < -0.39 is 0 Å². The van der Waals surface area contributed by atoms with Gasteiger partial charge in [0.2, 0.25) is 0 Å². The van der Waals surface area contributed by atoms with Crippen LogP contribution < -0.4 is 5.32 Å². The second kappa shape index (κ2) is 7.55. The molecule has 0 fully saturated rings. The lowest BCUT2D eigenvalue weighted by atomic mass is 10.0. The highest BCUT2D eigenvalue weighted by atomic mass is 32.1. The zero-order valence-corrected chi connectivity index (χ0v) is 13.0. The van der Waals surface area contributed by atoms with Crippen molar-refractivity contribution in [3.8, 4) is 0 Å². The van der Waals surface area contributed by atoms with Gasteiger partial charge in [-0.15, -0.1) is 11.3 Å². The maximum Gasteiger partial charge on any atom is 0.126 e. The zero-order chi connectivity index (χ0) is 14.4. The Bertz CT molecular complexity index is 535. The molecule has 1 unspecified atom stereocenters. The Morgan fingerprint density at radius 3 is 2.60 bits per heavy atom. The average Bonchev–Trinajstić information content (AvgIpc) is 2.94. The molecule has 0 aliphatic carbocycles. The molecule has 1 atom stereocenters. The standard InChI is InChI=1S/C17H22FNS/c1-3-11-19-16(17-10-9-14(4-2)20-17)12-13-7-5-6-8-15(13)18/h5-10,16,19H,3-4,11-12H2,1-2H3. The molecule has 20 heavy (non-hydrogen) atoms. The molecule has 0 radical (unpaired) electrons. The number of hydrogen-bond donors (Lipinski definition) is 1. The van der Waals surface area contributed by atoms with Crippen LogP contribution in [0.4, 0.5) is 4.39 Å². The average molecular weight is 291 g/mol. The van der Waals surface area contributed by atoms with E-state index in [1.165, 1.54) is 15.8 Å². The van der Waals surface area contributed by atoms with Crippen LogP contribution >= 0.6 is 11.3 Å². The van der Waals surface area contributed by atoms with Crippen LogP contribution in [0.1, 0.15) is 41.6 Å². The number of hydrogen-bond acceptors (Lipinski definition) is 2. The smallest absolute Gasteiger partial charge is 0.126 e. The molecule has 0 saturated carbocycles. The van der Waals surface area contributed by atoms with Gasteiger partial charge in [-0.25, -0.2) is 4.39 Å². The number of aryl methyl sites for hydroxylation is 1. The minimum atomic E-state index is -0.108. The molecule has 1 nitrogen and oxygen atoms in total.